The summed E-state index contributed by atoms with van der Waals surface area (Å²) >= 11 is 0. The Morgan fingerprint density at radius 1 is 1.09 bits per heavy atom. The summed E-state index contributed by atoms with van der Waals surface area (Å²) in [6, 6.07) is 24.1. The second kappa shape index (κ2) is 13.3. The smallest absolute Gasteiger partial charge is 0.268 e. The molecule has 0 aromatic heterocycles. The van der Waals surface area contributed by atoms with E-state index in [1.165, 1.54) is 0 Å². The lowest BCUT2D eigenvalue weighted by atomic mass is 9.82. The Hall–Kier alpha value is -3.87. The van der Waals surface area contributed by atoms with Gasteiger partial charge in [0.25, 0.3) is 5.91 Å². The molecule has 0 aliphatic carbocycles. The van der Waals surface area contributed by atoms with Crippen LogP contribution < -0.4 is 15.5 Å². The lowest BCUT2D eigenvalue weighted by Crippen LogP contribution is -2.45. The number of anilines is 3. The van der Waals surface area contributed by atoms with Gasteiger partial charge in [-0.05, 0) is 68.4 Å². The normalized spacial score (nSPS) is 25.3. The highest BCUT2D eigenvalue weighted by Gasteiger charge is 2.66. The monoisotopic (exact) mass is 656 g/mol. The van der Waals surface area contributed by atoms with Crippen LogP contribution in [0.4, 0.5) is 17.1 Å². The largest absolute Gasteiger partial charge is 0.432 e. The number of fused-ring (bicyclic) bond motifs is 2. The Morgan fingerprint density at radius 2 is 1.79 bits per heavy atom. The highest BCUT2D eigenvalue weighted by molar-refractivity contribution is 6.71. The third-order valence-electron chi connectivity index (χ3n) is 9.87. The molecule has 0 saturated carbocycles. The van der Waals surface area contributed by atoms with Crippen molar-refractivity contribution in [3.05, 3.63) is 90.0 Å². The van der Waals surface area contributed by atoms with Crippen LogP contribution in [0.3, 0.4) is 0 Å². The van der Waals surface area contributed by atoms with Crippen molar-refractivity contribution in [2.24, 2.45) is 5.92 Å². The van der Waals surface area contributed by atoms with Gasteiger partial charge in [0.15, 0.2) is 13.9 Å². The molecule has 47 heavy (non-hydrogen) atoms. The third-order valence-corrected chi connectivity index (χ3v) is 12.4. The van der Waals surface area contributed by atoms with Gasteiger partial charge in [0.2, 0.25) is 11.8 Å². The zero-order chi connectivity index (χ0) is 33.3. The number of para-hydroxylation sites is 1. The number of nitrogens with zero attached hydrogens (tertiary/aromatic N) is 2. The number of hydrogen-bond acceptors (Lipinski definition) is 7. The van der Waals surface area contributed by atoms with Gasteiger partial charge in [-0.3, -0.25) is 19.3 Å². The van der Waals surface area contributed by atoms with E-state index >= 15 is 0 Å². The van der Waals surface area contributed by atoms with Crippen LogP contribution in [-0.2, 0) is 31.3 Å². The number of amides is 3. The number of hydrogen-bond donors (Lipinski definition) is 4. The van der Waals surface area contributed by atoms with Gasteiger partial charge in [-0.1, -0.05) is 55.5 Å². The van der Waals surface area contributed by atoms with E-state index in [2.05, 4.69) is 10.6 Å². The summed E-state index contributed by atoms with van der Waals surface area (Å²) in [6.07, 6.45) is 0.875. The van der Waals surface area contributed by atoms with Crippen LogP contribution in [0.2, 0.25) is 18.6 Å². The molecular formula is C36H44N4O6Si. The van der Waals surface area contributed by atoms with Gasteiger partial charge in [-0.15, -0.1) is 0 Å². The Kier molecular flexibility index (Phi) is 9.37. The highest BCUT2D eigenvalue weighted by Crippen LogP contribution is 2.61. The first-order valence-corrected chi connectivity index (χ1v) is 19.5. The minimum absolute atomic E-state index is 0.0572. The van der Waals surface area contributed by atoms with E-state index < -0.39 is 31.5 Å². The molecule has 11 heteroatoms. The maximum atomic E-state index is 14.8. The SMILES string of the molecule is C[C@@H]1[C@@H]([Si](C)(C)O)[C@H](CC(=O)N(CCO)Cc2ccccc2)O[C@@]12C(=O)N(c1ccccc1)c1ccc(NC(=O)[C@H]3CCCN3)cc12. The second-order valence-electron chi connectivity index (χ2n) is 13.4. The fourth-order valence-corrected chi connectivity index (χ4v) is 10.3. The Labute approximate surface area is 276 Å². The number of nitrogens with one attached hydrogen (secondary N) is 2. The quantitative estimate of drug-likeness (QED) is 0.240. The summed E-state index contributed by atoms with van der Waals surface area (Å²) in [7, 11) is -3.04. The van der Waals surface area contributed by atoms with Crippen molar-refractivity contribution in [2.75, 3.05) is 29.9 Å². The second-order valence-corrected chi connectivity index (χ2v) is 17.4. The Balaban J connectivity index is 1.38. The highest BCUT2D eigenvalue weighted by atomic mass is 28.4. The molecule has 248 valence electrons. The van der Waals surface area contributed by atoms with Crippen LogP contribution in [0, 0.1) is 5.92 Å². The van der Waals surface area contributed by atoms with Crippen LogP contribution in [0.25, 0.3) is 0 Å². The van der Waals surface area contributed by atoms with Crippen molar-refractivity contribution in [1.82, 2.24) is 10.2 Å². The maximum Gasteiger partial charge on any atom is 0.268 e. The van der Waals surface area contributed by atoms with Crippen LogP contribution in [0.5, 0.6) is 0 Å². The Bertz CT molecular complexity index is 1610. The van der Waals surface area contributed by atoms with E-state index in [0.717, 1.165) is 24.9 Å². The number of carbonyl (C=O) groups is 3. The molecule has 2 fully saturated rings. The molecule has 0 bridgehead atoms. The summed E-state index contributed by atoms with van der Waals surface area (Å²) in [4.78, 5) is 56.8. The van der Waals surface area contributed by atoms with Crippen molar-refractivity contribution in [3.8, 4) is 0 Å². The molecular weight excluding hydrogens is 613 g/mol. The summed E-state index contributed by atoms with van der Waals surface area (Å²) in [5.41, 5.74) is 1.43. The average Bonchev–Trinajstić information content (AvgIpc) is 3.75. The van der Waals surface area contributed by atoms with E-state index in [1.54, 1.807) is 15.9 Å². The summed E-state index contributed by atoms with van der Waals surface area (Å²) in [5, 5.41) is 16.1. The fourth-order valence-electron chi connectivity index (χ4n) is 7.77. The first-order valence-electron chi connectivity index (χ1n) is 16.5. The van der Waals surface area contributed by atoms with Crippen LogP contribution in [-0.4, -0.2) is 72.7 Å². The number of aliphatic hydroxyl groups excluding tert-OH is 1. The van der Waals surface area contributed by atoms with Gasteiger partial charge in [0.05, 0.1) is 30.9 Å². The first kappa shape index (κ1) is 33.0. The molecule has 1 spiro atoms. The molecule has 10 nitrogen and oxygen atoms in total. The van der Waals surface area contributed by atoms with Crippen molar-refractivity contribution in [1.29, 1.82) is 0 Å². The van der Waals surface area contributed by atoms with Crippen LogP contribution >= 0.6 is 0 Å². The lowest BCUT2D eigenvalue weighted by Gasteiger charge is -2.32. The first-order chi connectivity index (χ1) is 22.5. The molecule has 0 radical (unpaired) electrons. The van der Waals surface area contributed by atoms with Gasteiger partial charge in [-0.2, -0.15) is 0 Å². The fraction of sp³-hybridized carbons (Fsp3) is 0.417. The number of aliphatic hydroxyl groups is 1. The summed E-state index contributed by atoms with van der Waals surface area (Å²) in [6.45, 7) is 6.64. The standard InChI is InChI=1S/C36H44N4O6Si/c1-24-33(47(2,3)45)31(22-32(42)39(19-20-41)23-25-11-6-4-7-12-25)46-36(24)28-21-26(38-34(43)29-15-10-18-37-29)16-17-30(28)40(35(36)44)27-13-8-5-9-14-27/h4-9,11-14,16-17,21,24,29,31,33,37,41,45H,10,15,18-20,22-23H2,1-3H3,(H,38,43)/t24-,29-,31+,33-,36+/m1/s1. The van der Waals surface area contributed by atoms with E-state index in [1.807, 2.05) is 92.8 Å². The third kappa shape index (κ3) is 6.26. The lowest BCUT2D eigenvalue weighted by molar-refractivity contribution is -0.149. The zero-order valence-electron chi connectivity index (χ0n) is 27.2. The number of ether oxygens (including phenoxy) is 1. The van der Waals surface area contributed by atoms with Crippen LogP contribution in [0.15, 0.2) is 78.9 Å². The predicted molar refractivity (Wildman–Crippen MR) is 182 cm³/mol. The van der Waals surface area contributed by atoms with Gasteiger partial charge in [0, 0.05) is 41.5 Å². The number of carbonyl (C=O) groups excluding carboxylic acids is 3. The molecule has 3 aromatic rings. The number of rotatable bonds is 10. The van der Waals surface area contributed by atoms with E-state index in [9.17, 15) is 24.3 Å². The molecule has 3 aliphatic heterocycles. The zero-order valence-corrected chi connectivity index (χ0v) is 28.2. The molecule has 3 aromatic carbocycles. The molecule has 3 heterocycles. The Morgan fingerprint density at radius 3 is 2.43 bits per heavy atom. The van der Waals surface area contributed by atoms with Crippen molar-refractivity contribution >= 4 is 43.1 Å². The minimum atomic E-state index is -3.04. The maximum absolute atomic E-state index is 14.8. The van der Waals surface area contributed by atoms with Crippen molar-refractivity contribution < 1.29 is 29.0 Å². The molecule has 2 saturated heterocycles. The average molecular weight is 657 g/mol. The molecule has 5 atom stereocenters. The van der Waals surface area contributed by atoms with Crippen molar-refractivity contribution in [3.63, 3.8) is 0 Å². The molecule has 6 rings (SSSR count). The number of benzene rings is 3. The topological polar surface area (TPSA) is 131 Å². The van der Waals surface area contributed by atoms with Crippen LogP contribution in [0.1, 0.15) is 37.3 Å². The van der Waals surface area contributed by atoms with E-state index in [4.69, 9.17) is 4.74 Å². The van der Waals surface area contributed by atoms with Gasteiger partial charge < -0.3 is 30.2 Å². The molecule has 4 N–H and O–H groups in total. The van der Waals surface area contributed by atoms with Gasteiger partial charge >= 0.3 is 0 Å². The molecule has 0 unspecified atom stereocenters. The predicted octanol–water partition coefficient (Wildman–Crippen LogP) is 4.26. The van der Waals surface area contributed by atoms with Crippen molar-refractivity contribution in [2.45, 2.75) is 69.1 Å². The summed E-state index contributed by atoms with van der Waals surface area (Å²) < 4.78 is 6.91. The minimum Gasteiger partial charge on any atom is -0.432 e. The van der Waals surface area contributed by atoms with E-state index in [-0.39, 0.29) is 43.3 Å². The van der Waals surface area contributed by atoms with Gasteiger partial charge in [-0.25, -0.2) is 0 Å². The molecule has 3 amide bonds. The van der Waals surface area contributed by atoms with E-state index in [0.29, 0.717) is 29.2 Å². The molecule has 3 aliphatic rings. The summed E-state index contributed by atoms with van der Waals surface area (Å²) in [5.74, 6) is -1.14. The van der Waals surface area contributed by atoms with Gasteiger partial charge in [0.1, 0.15) is 0 Å².